The molecule has 1 aliphatic heterocycles. The van der Waals surface area contributed by atoms with Crippen LogP contribution in [0.2, 0.25) is 0 Å². The average molecular weight is 1560 g/mol. The summed E-state index contributed by atoms with van der Waals surface area (Å²) in [7, 11) is 0.0129. The third kappa shape index (κ3) is 23.2. The van der Waals surface area contributed by atoms with Gasteiger partial charge in [-0.3, -0.25) is 19.1 Å². The number of hydrogen-bond acceptors (Lipinski definition) is 20. The molecule has 0 aliphatic carbocycles. The molecule has 0 atom stereocenters. The van der Waals surface area contributed by atoms with Gasteiger partial charge in [-0.15, -0.1) is 17.5 Å². The number of ether oxygens (including phenoxy) is 1. The van der Waals surface area contributed by atoms with Crippen LogP contribution in [0.5, 0.6) is 5.75 Å². The van der Waals surface area contributed by atoms with Gasteiger partial charge in [0.25, 0.3) is 5.91 Å². The van der Waals surface area contributed by atoms with Gasteiger partial charge in [0.15, 0.2) is 0 Å². The number of carbonyl (C=O) groups is 1. The maximum atomic E-state index is 13.6. The van der Waals surface area contributed by atoms with E-state index in [0.29, 0.717) is 63.2 Å². The fourth-order valence-corrected chi connectivity index (χ4v) is 11.9. The van der Waals surface area contributed by atoms with Crippen molar-refractivity contribution in [3.63, 3.8) is 0 Å². The highest BCUT2D eigenvalue weighted by molar-refractivity contribution is 7.89. The van der Waals surface area contributed by atoms with E-state index in [1.54, 1.807) is 112 Å². The Balaban J connectivity index is 0.000000170. The summed E-state index contributed by atoms with van der Waals surface area (Å²) in [4.78, 5) is 45.2. The van der Waals surface area contributed by atoms with Gasteiger partial charge in [0.05, 0.1) is 45.5 Å². The molecule has 1 fully saturated rings. The van der Waals surface area contributed by atoms with Crippen molar-refractivity contribution < 1.29 is 48.7 Å². The molecule has 111 heavy (non-hydrogen) atoms. The van der Waals surface area contributed by atoms with Crippen LogP contribution in [0.4, 0.5) is 66.8 Å². The SMILES string of the molecule is C1CNCCN1.Cc1ccc(Nc2nccc(N(C)c3ccc4c(C)n(C)nc4c3)n2)cc1S(N)(=O)=O.Cc1cn(-c2cc(NC(=O)c3ccc(C)c(Nc4nccc(-c5cccnc5)n4)c3)cc(C(F)(F)F)c2)cn1.Cl.FC(F)(F)c1ccc(/C=C/c2nc(COc3ccc(CCCCn4ccnn4)cc3)co2)cc1. The Kier molecular flexibility index (Phi) is 27.3. The number of fused-ring (bicyclic) bond motifs is 1. The Morgan fingerprint density at radius 1 is 0.730 bits per heavy atom. The summed E-state index contributed by atoms with van der Waals surface area (Å²) in [6, 6.07) is 39.3. The largest absolute Gasteiger partial charge is 0.487 e. The molecule has 0 spiro atoms. The van der Waals surface area contributed by atoms with Crippen LogP contribution in [0.25, 0.3) is 40.0 Å². The number of alkyl halides is 6. The van der Waals surface area contributed by atoms with Crippen LogP contribution in [-0.2, 0) is 49.0 Å². The van der Waals surface area contributed by atoms with Crippen LogP contribution >= 0.6 is 12.4 Å². The number of unbranched alkanes of at least 4 members (excludes halogenated alkanes) is 1. The highest BCUT2D eigenvalue weighted by atomic mass is 35.5. The van der Waals surface area contributed by atoms with E-state index >= 15 is 0 Å². The first-order valence-corrected chi connectivity index (χ1v) is 36.1. The molecule has 0 bridgehead atoms. The predicted molar refractivity (Wildman–Crippen MR) is 416 cm³/mol. The van der Waals surface area contributed by atoms with Crippen LogP contribution in [0.1, 0.15) is 79.6 Å². The zero-order valence-corrected chi connectivity index (χ0v) is 62.7. The van der Waals surface area contributed by atoms with E-state index in [4.69, 9.17) is 14.3 Å². The van der Waals surface area contributed by atoms with E-state index in [-0.39, 0.29) is 40.8 Å². The number of nitrogens with zero attached hydrogens (tertiary/aromatic N) is 14. The summed E-state index contributed by atoms with van der Waals surface area (Å²) >= 11 is 0. The Hall–Kier alpha value is -12.2. The molecular formula is C78H79ClF6N20O5S. The Morgan fingerprint density at radius 3 is 2.14 bits per heavy atom. The molecule has 7 aromatic heterocycles. The summed E-state index contributed by atoms with van der Waals surface area (Å²) in [5.41, 5.74) is 8.92. The number of pyridine rings is 1. The van der Waals surface area contributed by atoms with Gasteiger partial charge in [-0.05, 0) is 184 Å². The van der Waals surface area contributed by atoms with Gasteiger partial charge in [-0.2, -0.15) is 36.4 Å². The number of imidazole rings is 1. The van der Waals surface area contributed by atoms with Gasteiger partial charge in [-0.25, -0.2) is 38.5 Å². The minimum atomic E-state index is -4.60. The molecule has 0 radical (unpaired) electrons. The van der Waals surface area contributed by atoms with Crippen LogP contribution < -0.4 is 41.4 Å². The maximum Gasteiger partial charge on any atom is 0.416 e. The average Bonchev–Trinajstić information content (AvgIpc) is 1.70. The van der Waals surface area contributed by atoms with Gasteiger partial charge in [0.1, 0.15) is 30.1 Å². The molecule has 8 heterocycles. The minimum Gasteiger partial charge on any atom is -0.487 e. The second kappa shape index (κ2) is 37.3. The third-order valence-corrected chi connectivity index (χ3v) is 18.2. The molecule has 25 nitrogen and oxygen atoms in total. The molecule has 1 aliphatic rings. The third-order valence-electron chi connectivity index (χ3n) is 17.2. The number of amides is 1. The first kappa shape index (κ1) is 81.3. The number of rotatable bonds is 21. The molecule has 1 saturated heterocycles. The maximum absolute atomic E-state index is 13.6. The lowest BCUT2D eigenvalue weighted by atomic mass is 10.1. The van der Waals surface area contributed by atoms with Crippen molar-refractivity contribution in [1.82, 2.24) is 74.9 Å². The molecule has 0 unspecified atom stereocenters. The molecule has 0 saturated carbocycles. The molecular weight excluding hydrogens is 1480 g/mol. The van der Waals surface area contributed by atoms with E-state index in [2.05, 4.69) is 76.9 Å². The quantitative estimate of drug-likeness (QED) is 0.0288. The van der Waals surface area contributed by atoms with E-state index in [9.17, 15) is 39.6 Å². The number of carbonyl (C=O) groups excluding carboxylic acids is 1. The van der Waals surface area contributed by atoms with Crippen molar-refractivity contribution in [2.75, 3.05) is 54.1 Å². The van der Waals surface area contributed by atoms with Crippen LogP contribution in [0.15, 0.2) is 211 Å². The molecule has 13 aromatic rings. The highest BCUT2D eigenvalue weighted by Gasteiger charge is 2.32. The first-order chi connectivity index (χ1) is 52.7. The lowest BCUT2D eigenvalue weighted by Gasteiger charge is -2.19. The normalized spacial score (nSPS) is 12.2. The van der Waals surface area contributed by atoms with Gasteiger partial charge in [-0.1, -0.05) is 41.6 Å². The van der Waals surface area contributed by atoms with Crippen LogP contribution in [0, 0.1) is 27.7 Å². The number of nitrogens with two attached hydrogens (primary N) is 1. The zero-order valence-electron chi connectivity index (χ0n) is 61.0. The molecule has 6 aromatic carbocycles. The summed E-state index contributed by atoms with van der Waals surface area (Å²) in [5, 5.41) is 33.9. The highest BCUT2D eigenvalue weighted by Crippen LogP contribution is 2.35. The van der Waals surface area contributed by atoms with Crippen molar-refractivity contribution in [2.24, 2.45) is 12.2 Å². The summed E-state index contributed by atoms with van der Waals surface area (Å²) in [6.45, 7) is 13.0. The number of hydrogen-bond donors (Lipinski definition) is 6. The predicted octanol–water partition coefficient (Wildman–Crippen LogP) is 15.2. The minimum absolute atomic E-state index is 0. The van der Waals surface area contributed by atoms with Crippen molar-refractivity contribution in [1.29, 1.82) is 0 Å². The fourth-order valence-electron chi connectivity index (χ4n) is 11.1. The number of oxazole rings is 1. The lowest BCUT2D eigenvalue weighted by Crippen LogP contribution is -2.39. The summed E-state index contributed by atoms with van der Waals surface area (Å²) < 4.78 is 119. The van der Waals surface area contributed by atoms with Crippen LogP contribution in [0.3, 0.4) is 0 Å². The topological polar surface area (TPSA) is 307 Å². The standard InChI is InChI=1S/C28H22F3N7O.C25H23F3N4O2.C21H23N7O2S.C4H10N2.ClH/c1-17-5-6-19(10-25(17)37-27-33-9-7-24(36-27)20-4-3-8-32-14-20)26(39)35-22-11-21(28(29,30)31)12-23(13-22)38-15-18(2)34-16-38;26-25(27,28)21-9-4-20(5-10-21)8-13-24-30-22(18-34-24)17-33-23-11-6-19(7-12-23)3-1-2-15-32-16-14-29-31-32;1-13-5-6-15(11-19(13)31(22,29)30)24-21-23-10-9-20(25-21)27(3)16-7-8-17-14(2)28(4)26-18(17)12-16;1-2-6-4-3-5-1;/h3-16H,1-2H3,(H,35,39)(H,33,36,37);4-14,16,18H,1-3,15,17H2;5-12H,1-4H3,(H2,22,29,30)(H,23,24,25);5-6H,1-4H2;1H/b;13-8+;;;. The number of sulfonamides is 1. The number of piperazine rings is 1. The van der Waals surface area contributed by atoms with E-state index < -0.39 is 39.4 Å². The molecule has 7 N–H and O–H groups in total. The van der Waals surface area contributed by atoms with Crippen molar-refractivity contribution in [2.45, 2.75) is 77.4 Å². The van der Waals surface area contributed by atoms with Crippen LogP contribution in [-0.4, -0.2) is 112 Å². The number of primary sulfonamides is 1. The summed E-state index contributed by atoms with van der Waals surface area (Å²) in [6.07, 6.45) is 12.0. The number of halogens is 7. The van der Waals surface area contributed by atoms with Gasteiger partial charge in [0, 0.05) is 141 Å². The number of nitrogens with one attached hydrogen (secondary N) is 5. The van der Waals surface area contributed by atoms with E-state index in [1.165, 1.54) is 47.0 Å². The Bertz CT molecular complexity index is 5380. The molecule has 14 rings (SSSR count). The Labute approximate surface area is 642 Å². The number of benzene rings is 6. The second-order valence-corrected chi connectivity index (χ2v) is 26.9. The summed E-state index contributed by atoms with van der Waals surface area (Å²) in [5.74, 6) is 1.83. The van der Waals surface area contributed by atoms with E-state index in [0.717, 1.165) is 115 Å². The number of aryl methyl sites for hydroxylation is 7. The Morgan fingerprint density at radius 2 is 1.46 bits per heavy atom. The number of anilines is 7. The number of aromatic nitrogens is 13. The second-order valence-electron chi connectivity index (χ2n) is 25.3. The fraction of sp³-hybridized carbons (Fsp3) is 0.218. The van der Waals surface area contributed by atoms with Crippen molar-refractivity contribution in [3.8, 4) is 22.7 Å². The smallest absolute Gasteiger partial charge is 0.416 e. The first-order valence-electron chi connectivity index (χ1n) is 34.6. The van der Waals surface area contributed by atoms with Gasteiger partial charge >= 0.3 is 12.4 Å². The molecule has 1 amide bonds. The molecule has 576 valence electrons. The van der Waals surface area contributed by atoms with E-state index in [1.807, 2.05) is 96.9 Å². The molecule has 33 heteroatoms. The van der Waals surface area contributed by atoms with Crippen molar-refractivity contribution >= 4 is 91.9 Å². The monoisotopic (exact) mass is 1560 g/mol. The van der Waals surface area contributed by atoms with Crippen molar-refractivity contribution in [3.05, 3.63) is 263 Å². The lowest BCUT2D eigenvalue weighted by molar-refractivity contribution is -0.138. The van der Waals surface area contributed by atoms with Gasteiger partial charge in [0.2, 0.25) is 27.8 Å². The zero-order chi connectivity index (χ0) is 78.0. The van der Waals surface area contributed by atoms with Gasteiger partial charge < -0.3 is 45.2 Å².